The van der Waals surface area contributed by atoms with Gasteiger partial charge < -0.3 is 14.8 Å². The molecule has 0 bridgehead atoms. The maximum absolute atomic E-state index is 12.2. The predicted octanol–water partition coefficient (Wildman–Crippen LogP) is 4.44. The van der Waals surface area contributed by atoms with Gasteiger partial charge in [0, 0.05) is 46.2 Å². The van der Waals surface area contributed by atoms with E-state index in [4.69, 9.17) is 16.1 Å². The molecule has 0 aliphatic heterocycles. The number of benzene rings is 2. The number of aromatic amines is 1. The minimum absolute atomic E-state index is 0.105. The number of carbonyl (C=O) groups is 1. The lowest BCUT2D eigenvalue weighted by atomic mass is 10.2. The van der Waals surface area contributed by atoms with Crippen LogP contribution in [0.5, 0.6) is 0 Å². The summed E-state index contributed by atoms with van der Waals surface area (Å²) in [7, 11) is 0. The molecule has 1 amide bonds. The Hall–Kier alpha value is -3.12. The maximum Gasteiger partial charge on any atom is 0.227 e. The summed E-state index contributed by atoms with van der Waals surface area (Å²) < 4.78 is 5.22. The summed E-state index contributed by atoms with van der Waals surface area (Å²) in [6, 6.07) is 14.9. The normalized spacial score (nSPS) is 11.0. The number of rotatable bonds is 5. The van der Waals surface area contributed by atoms with E-state index in [1.807, 2.05) is 42.6 Å². The van der Waals surface area contributed by atoms with E-state index < -0.39 is 0 Å². The van der Waals surface area contributed by atoms with E-state index in [1.165, 1.54) is 0 Å². The third-order valence-electron chi connectivity index (χ3n) is 3.97. The Kier molecular flexibility index (Phi) is 4.41. The summed E-state index contributed by atoms with van der Waals surface area (Å²) in [5.41, 5.74) is 2.60. The number of hydrogen-bond donors (Lipinski definition) is 2. The van der Waals surface area contributed by atoms with Crippen molar-refractivity contribution in [3.05, 3.63) is 65.6 Å². The maximum atomic E-state index is 12.2. The van der Waals surface area contributed by atoms with Crippen LogP contribution in [-0.2, 0) is 11.2 Å². The molecule has 6 nitrogen and oxygen atoms in total. The van der Waals surface area contributed by atoms with Crippen molar-refractivity contribution < 1.29 is 9.32 Å². The molecule has 0 aliphatic carbocycles. The largest absolute Gasteiger partial charge is 0.361 e. The van der Waals surface area contributed by atoms with Crippen LogP contribution in [0, 0.1) is 0 Å². The lowest BCUT2D eigenvalue weighted by Gasteiger charge is -2.04. The highest BCUT2D eigenvalue weighted by Crippen LogP contribution is 2.20. The molecule has 0 unspecified atom stereocenters. The van der Waals surface area contributed by atoms with Gasteiger partial charge in [-0.2, -0.15) is 4.98 Å². The van der Waals surface area contributed by atoms with E-state index in [0.717, 1.165) is 22.2 Å². The van der Waals surface area contributed by atoms with E-state index in [0.29, 0.717) is 23.2 Å². The number of fused-ring (bicyclic) bond motifs is 1. The average molecular weight is 367 g/mol. The molecular weight excluding hydrogens is 352 g/mol. The quantitative estimate of drug-likeness (QED) is 0.546. The van der Waals surface area contributed by atoms with Crippen LogP contribution in [0.15, 0.2) is 59.3 Å². The van der Waals surface area contributed by atoms with Crippen molar-refractivity contribution in [3.8, 4) is 11.4 Å². The summed E-state index contributed by atoms with van der Waals surface area (Å²) in [4.78, 5) is 19.6. The number of aryl methyl sites for hydroxylation is 1. The van der Waals surface area contributed by atoms with Crippen molar-refractivity contribution in [2.75, 3.05) is 5.32 Å². The number of halogens is 1. The van der Waals surface area contributed by atoms with Crippen LogP contribution in [-0.4, -0.2) is 21.0 Å². The molecule has 0 radical (unpaired) electrons. The first kappa shape index (κ1) is 16.4. The first-order valence-electron chi connectivity index (χ1n) is 8.13. The third kappa shape index (κ3) is 3.60. The van der Waals surface area contributed by atoms with Gasteiger partial charge >= 0.3 is 0 Å². The molecule has 7 heteroatoms. The zero-order valence-electron chi connectivity index (χ0n) is 13.7. The van der Waals surface area contributed by atoms with Gasteiger partial charge in [0.25, 0.3) is 0 Å². The lowest BCUT2D eigenvalue weighted by Crippen LogP contribution is -2.12. The van der Waals surface area contributed by atoms with E-state index >= 15 is 0 Å². The monoisotopic (exact) mass is 366 g/mol. The minimum atomic E-state index is -0.105. The summed E-state index contributed by atoms with van der Waals surface area (Å²) in [6.07, 6.45) is 2.50. The fraction of sp³-hybridized carbons (Fsp3) is 0.105. The van der Waals surface area contributed by atoms with Crippen LogP contribution in [0.2, 0.25) is 5.02 Å². The van der Waals surface area contributed by atoms with Crippen molar-refractivity contribution in [1.82, 2.24) is 15.1 Å². The highest BCUT2D eigenvalue weighted by molar-refractivity contribution is 6.30. The van der Waals surface area contributed by atoms with Gasteiger partial charge in [0.05, 0.1) is 0 Å². The van der Waals surface area contributed by atoms with Gasteiger partial charge in [-0.3, -0.25) is 4.79 Å². The standard InChI is InChI=1S/C19H15ClN4O2/c20-14-3-1-12(2-4-14)19-23-18(26-24-19)8-7-17(25)22-15-5-6-16-13(11-15)9-10-21-16/h1-6,9-11,21H,7-8H2,(H,22,25). The van der Waals surface area contributed by atoms with Gasteiger partial charge in [-0.1, -0.05) is 16.8 Å². The molecule has 0 aliphatic rings. The molecule has 0 atom stereocenters. The number of aromatic nitrogens is 3. The van der Waals surface area contributed by atoms with Gasteiger partial charge in [-0.05, 0) is 48.5 Å². The second-order valence-electron chi connectivity index (χ2n) is 5.85. The van der Waals surface area contributed by atoms with Gasteiger partial charge in [0.15, 0.2) is 0 Å². The van der Waals surface area contributed by atoms with Crippen LogP contribution in [0.4, 0.5) is 5.69 Å². The molecule has 4 aromatic rings. The topological polar surface area (TPSA) is 83.8 Å². The summed E-state index contributed by atoms with van der Waals surface area (Å²) in [5, 5.41) is 8.52. The van der Waals surface area contributed by atoms with Gasteiger partial charge in [0.2, 0.25) is 17.6 Å². The second kappa shape index (κ2) is 7.01. The summed E-state index contributed by atoms with van der Waals surface area (Å²) >= 11 is 5.87. The molecule has 0 spiro atoms. The number of hydrogen-bond acceptors (Lipinski definition) is 4. The van der Waals surface area contributed by atoms with Gasteiger partial charge in [0.1, 0.15) is 0 Å². The number of nitrogens with one attached hydrogen (secondary N) is 2. The molecule has 130 valence electrons. The molecule has 26 heavy (non-hydrogen) atoms. The van der Waals surface area contributed by atoms with E-state index in [9.17, 15) is 4.79 Å². The predicted molar refractivity (Wildman–Crippen MR) is 100.0 cm³/mol. The molecule has 2 heterocycles. The molecular formula is C19H15ClN4O2. The molecule has 0 fully saturated rings. The Labute approximate surface area is 154 Å². The van der Waals surface area contributed by atoms with Crippen molar-refractivity contribution in [2.45, 2.75) is 12.8 Å². The van der Waals surface area contributed by atoms with Crippen LogP contribution in [0.1, 0.15) is 12.3 Å². The minimum Gasteiger partial charge on any atom is -0.361 e. The van der Waals surface area contributed by atoms with Gasteiger partial charge in [-0.15, -0.1) is 0 Å². The molecule has 4 rings (SSSR count). The van der Waals surface area contributed by atoms with E-state index in [2.05, 4.69) is 20.4 Å². The number of amides is 1. The Morgan fingerprint density at radius 1 is 1.15 bits per heavy atom. The molecule has 2 aromatic carbocycles. The van der Waals surface area contributed by atoms with Crippen molar-refractivity contribution in [1.29, 1.82) is 0 Å². The second-order valence-corrected chi connectivity index (χ2v) is 6.28. The Balaban J connectivity index is 1.36. The number of anilines is 1. The fourth-order valence-electron chi connectivity index (χ4n) is 2.65. The van der Waals surface area contributed by atoms with Crippen molar-refractivity contribution in [2.24, 2.45) is 0 Å². The Morgan fingerprint density at radius 2 is 2.00 bits per heavy atom. The smallest absolute Gasteiger partial charge is 0.227 e. The number of carbonyl (C=O) groups excluding carboxylic acids is 1. The van der Waals surface area contributed by atoms with Crippen LogP contribution >= 0.6 is 11.6 Å². The SMILES string of the molecule is O=C(CCc1nc(-c2ccc(Cl)cc2)no1)Nc1ccc2[nH]ccc2c1. The Morgan fingerprint density at radius 3 is 2.85 bits per heavy atom. The highest BCUT2D eigenvalue weighted by Gasteiger charge is 2.11. The molecule has 2 aromatic heterocycles. The molecule has 0 saturated carbocycles. The van der Waals surface area contributed by atoms with Crippen molar-refractivity contribution in [3.63, 3.8) is 0 Å². The Bertz CT molecular complexity index is 1050. The third-order valence-corrected chi connectivity index (χ3v) is 4.23. The first-order chi connectivity index (χ1) is 12.7. The zero-order chi connectivity index (χ0) is 17.9. The summed E-state index contributed by atoms with van der Waals surface area (Å²) in [5.74, 6) is 0.798. The summed E-state index contributed by atoms with van der Waals surface area (Å²) in [6.45, 7) is 0. The molecule has 0 saturated heterocycles. The van der Waals surface area contributed by atoms with Crippen LogP contribution in [0.3, 0.4) is 0 Å². The zero-order valence-corrected chi connectivity index (χ0v) is 14.5. The number of H-pyrrole nitrogens is 1. The van der Waals surface area contributed by atoms with Crippen LogP contribution < -0.4 is 5.32 Å². The average Bonchev–Trinajstić information content (AvgIpc) is 3.29. The van der Waals surface area contributed by atoms with Gasteiger partial charge in [-0.25, -0.2) is 0 Å². The van der Waals surface area contributed by atoms with Crippen molar-refractivity contribution >= 4 is 34.1 Å². The number of nitrogens with zero attached hydrogens (tertiary/aromatic N) is 2. The van der Waals surface area contributed by atoms with E-state index in [-0.39, 0.29) is 12.3 Å². The first-order valence-corrected chi connectivity index (χ1v) is 8.51. The highest BCUT2D eigenvalue weighted by atomic mass is 35.5. The molecule has 2 N–H and O–H groups in total. The van der Waals surface area contributed by atoms with Crippen LogP contribution in [0.25, 0.3) is 22.3 Å². The fourth-order valence-corrected chi connectivity index (χ4v) is 2.77. The van der Waals surface area contributed by atoms with E-state index in [1.54, 1.807) is 12.1 Å². The lowest BCUT2D eigenvalue weighted by molar-refractivity contribution is -0.116.